The Bertz CT molecular complexity index is 564. The van der Waals surface area contributed by atoms with E-state index in [4.69, 9.17) is 4.52 Å². The Morgan fingerprint density at radius 1 is 1.48 bits per heavy atom. The van der Waals surface area contributed by atoms with Crippen LogP contribution in [0.3, 0.4) is 0 Å². The molecule has 7 heteroatoms. The molecular formula is C14H21N5OS. The number of aryl methyl sites for hydroxylation is 1. The molecule has 6 nitrogen and oxygen atoms in total. The molecule has 21 heavy (non-hydrogen) atoms. The van der Waals surface area contributed by atoms with Gasteiger partial charge in [0.15, 0.2) is 11.8 Å². The zero-order valence-corrected chi connectivity index (χ0v) is 13.4. The number of aromatic nitrogens is 2. The van der Waals surface area contributed by atoms with Crippen molar-refractivity contribution in [1.29, 1.82) is 0 Å². The highest BCUT2D eigenvalue weighted by Crippen LogP contribution is 2.13. The van der Waals surface area contributed by atoms with Crippen LogP contribution in [0.1, 0.15) is 23.5 Å². The van der Waals surface area contributed by atoms with Crippen LogP contribution in [0.2, 0.25) is 0 Å². The van der Waals surface area contributed by atoms with Gasteiger partial charge in [0.05, 0.1) is 6.54 Å². The van der Waals surface area contributed by atoms with E-state index in [1.54, 1.807) is 25.3 Å². The van der Waals surface area contributed by atoms with Gasteiger partial charge in [0.25, 0.3) is 0 Å². The molecule has 0 aromatic carbocycles. The highest BCUT2D eigenvalue weighted by molar-refractivity contribution is 7.09. The fourth-order valence-corrected chi connectivity index (χ4v) is 2.78. The molecule has 2 heterocycles. The lowest BCUT2D eigenvalue weighted by Gasteiger charge is -2.14. The van der Waals surface area contributed by atoms with Crippen LogP contribution in [0.5, 0.6) is 0 Å². The Balaban J connectivity index is 1.72. The second-order valence-electron chi connectivity index (χ2n) is 4.92. The third-order valence-corrected chi connectivity index (χ3v) is 3.85. The van der Waals surface area contributed by atoms with E-state index in [2.05, 4.69) is 50.2 Å². The second-order valence-corrected chi connectivity index (χ2v) is 5.96. The minimum Gasteiger partial charge on any atom is -0.356 e. The van der Waals surface area contributed by atoms with Gasteiger partial charge >= 0.3 is 0 Å². The van der Waals surface area contributed by atoms with Crippen molar-refractivity contribution in [3.05, 3.63) is 34.1 Å². The molecule has 2 rings (SSSR count). The molecule has 114 valence electrons. The fraction of sp³-hybridized carbons (Fsp3) is 0.500. The Hall–Kier alpha value is -1.89. The lowest BCUT2D eigenvalue weighted by atomic mass is 10.1. The summed E-state index contributed by atoms with van der Waals surface area (Å²) in [6.07, 6.45) is 1.08. The molecule has 2 aromatic heterocycles. The van der Waals surface area contributed by atoms with Gasteiger partial charge in [-0.05, 0) is 23.8 Å². The molecule has 1 atom stereocenters. The minimum absolute atomic E-state index is 0.496. The Labute approximate surface area is 128 Å². The van der Waals surface area contributed by atoms with Crippen molar-refractivity contribution in [3.8, 4) is 0 Å². The van der Waals surface area contributed by atoms with Crippen molar-refractivity contribution in [2.75, 3.05) is 13.6 Å². The maximum absolute atomic E-state index is 4.93. The summed E-state index contributed by atoms with van der Waals surface area (Å²) in [6, 6.07) is 4.26. The van der Waals surface area contributed by atoms with Crippen LogP contribution in [0.25, 0.3) is 0 Å². The van der Waals surface area contributed by atoms with E-state index in [-0.39, 0.29) is 0 Å². The van der Waals surface area contributed by atoms with Crippen molar-refractivity contribution >= 4 is 17.3 Å². The van der Waals surface area contributed by atoms with E-state index in [1.165, 1.54) is 4.88 Å². The van der Waals surface area contributed by atoms with Crippen molar-refractivity contribution < 1.29 is 4.52 Å². The summed E-state index contributed by atoms with van der Waals surface area (Å²) in [7, 11) is 1.75. The molecule has 0 amide bonds. The Morgan fingerprint density at radius 2 is 2.33 bits per heavy atom. The maximum Gasteiger partial charge on any atom is 0.223 e. The first-order chi connectivity index (χ1) is 10.2. The lowest BCUT2D eigenvalue weighted by Crippen LogP contribution is -2.39. The summed E-state index contributed by atoms with van der Waals surface area (Å²) in [5, 5.41) is 12.4. The standard InChI is InChI=1S/C14H21N5OS/c1-10(7-12-5-4-6-21-12)8-16-14(15-3)17-9-13-18-11(2)20-19-13/h4-6,10H,7-9H2,1-3H3,(H2,15,16,17). The van der Waals surface area contributed by atoms with Crippen LogP contribution >= 0.6 is 11.3 Å². The zero-order valence-electron chi connectivity index (χ0n) is 12.6. The van der Waals surface area contributed by atoms with Gasteiger partial charge in [-0.15, -0.1) is 11.3 Å². The van der Waals surface area contributed by atoms with E-state index < -0.39 is 0 Å². The molecule has 0 saturated heterocycles. The molecule has 2 aromatic rings. The summed E-state index contributed by atoms with van der Waals surface area (Å²) < 4.78 is 4.93. The van der Waals surface area contributed by atoms with Crippen LogP contribution < -0.4 is 10.6 Å². The van der Waals surface area contributed by atoms with Crippen molar-refractivity contribution in [1.82, 2.24) is 20.8 Å². The maximum atomic E-state index is 4.93. The molecule has 0 bridgehead atoms. The average molecular weight is 307 g/mol. The smallest absolute Gasteiger partial charge is 0.223 e. The zero-order chi connectivity index (χ0) is 15.1. The van der Waals surface area contributed by atoms with Gasteiger partial charge in [-0.3, -0.25) is 4.99 Å². The van der Waals surface area contributed by atoms with Crippen molar-refractivity contribution in [2.45, 2.75) is 26.8 Å². The van der Waals surface area contributed by atoms with E-state index >= 15 is 0 Å². The Morgan fingerprint density at radius 3 is 2.95 bits per heavy atom. The van der Waals surface area contributed by atoms with Gasteiger partial charge in [0.1, 0.15) is 0 Å². The van der Waals surface area contributed by atoms with Gasteiger partial charge in [-0.25, -0.2) is 0 Å². The highest BCUT2D eigenvalue weighted by Gasteiger charge is 2.07. The van der Waals surface area contributed by atoms with Crippen LogP contribution in [0.4, 0.5) is 0 Å². The van der Waals surface area contributed by atoms with Crippen molar-refractivity contribution in [2.24, 2.45) is 10.9 Å². The first-order valence-electron chi connectivity index (χ1n) is 6.93. The average Bonchev–Trinajstić information content (AvgIpc) is 3.11. The molecule has 1 unspecified atom stereocenters. The molecule has 0 aliphatic carbocycles. The van der Waals surface area contributed by atoms with Crippen LogP contribution in [0.15, 0.2) is 27.0 Å². The first kappa shape index (κ1) is 15.5. The largest absolute Gasteiger partial charge is 0.356 e. The number of nitrogens with zero attached hydrogens (tertiary/aromatic N) is 3. The molecule has 0 aliphatic rings. The van der Waals surface area contributed by atoms with E-state index in [0.29, 0.717) is 24.2 Å². The third-order valence-electron chi connectivity index (χ3n) is 2.95. The molecule has 0 spiro atoms. The van der Waals surface area contributed by atoms with Crippen molar-refractivity contribution in [3.63, 3.8) is 0 Å². The molecule has 0 fully saturated rings. The van der Waals surface area contributed by atoms with Gasteiger partial charge < -0.3 is 15.2 Å². The van der Waals surface area contributed by atoms with Gasteiger partial charge in [-0.1, -0.05) is 18.1 Å². The number of hydrogen-bond donors (Lipinski definition) is 2. The van der Waals surface area contributed by atoms with E-state index in [9.17, 15) is 0 Å². The second kappa shape index (κ2) is 7.78. The summed E-state index contributed by atoms with van der Waals surface area (Å²) in [5.41, 5.74) is 0. The number of nitrogens with one attached hydrogen (secondary N) is 2. The number of thiophene rings is 1. The summed E-state index contributed by atoms with van der Waals surface area (Å²) in [5.74, 6) is 2.48. The minimum atomic E-state index is 0.496. The molecule has 0 saturated carbocycles. The monoisotopic (exact) mass is 307 g/mol. The number of hydrogen-bond acceptors (Lipinski definition) is 5. The Kier molecular flexibility index (Phi) is 5.74. The summed E-state index contributed by atoms with van der Waals surface area (Å²) in [4.78, 5) is 9.74. The topological polar surface area (TPSA) is 75.3 Å². The van der Waals surface area contributed by atoms with Gasteiger partial charge in [0.2, 0.25) is 5.89 Å². The van der Waals surface area contributed by atoms with E-state index in [0.717, 1.165) is 18.9 Å². The molecule has 0 aliphatic heterocycles. The van der Waals surface area contributed by atoms with Crippen LogP contribution in [0, 0.1) is 12.8 Å². The number of aliphatic imine (C=N–C) groups is 1. The predicted molar refractivity (Wildman–Crippen MR) is 84.4 cm³/mol. The number of guanidine groups is 1. The summed E-state index contributed by atoms with van der Waals surface area (Å²) >= 11 is 1.80. The molecule has 2 N–H and O–H groups in total. The summed E-state index contributed by atoms with van der Waals surface area (Å²) in [6.45, 7) is 5.36. The van der Waals surface area contributed by atoms with E-state index in [1.807, 2.05) is 0 Å². The van der Waals surface area contributed by atoms with Crippen LogP contribution in [-0.4, -0.2) is 29.7 Å². The normalized spacial score (nSPS) is 13.2. The third kappa shape index (κ3) is 5.18. The van der Waals surface area contributed by atoms with Crippen LogP contribution in [-0.2, 0) is 13.0 Å². The quantitative estimate of drug-likeness (QED) is 0.630. The first-order valence-corrected chi connectivity index (χ1v) is 7.81. The highest BCUT2D eigenvalue weighted by atomic mass is 32.1. The lowest BCUT2D eigenvalue weighted by molar-refractivity contribution is 0.386. The number of rotatable bonds is 6. The van der Waals surface area contributed by atoms with Gasteiger partial charge in [0, 0.05) is 25.4 Å². The fourth-order valence-electron chi connectivity index (χ4n) is 1.91. The predicted octanol–water partition coefficient (Wildman–Crippen LogP) is 1.98. The molecule has 0 radical (unpaired) electrons. The molecular weight excluding hydrogens is 286 g/mol. The SMILES string of the molecule is CN=C(NCc1noc(C)n1)NCC(C)Cc1cccs1. The van der Waals surface area contributed by atoms with Gasteiger partial charge in [-0.2, -0.15) is 4.98 Å².